The smallest absolute Gasteiger partial charge is 0.323 e. The molecule has 1 rings (SSSR count). The van der Waals surface area contributed by atoms with Crippen molar-refractivity contribution in [2.45, 2.75) is 57.6 Å². The van der Waals surface area contributed by atoms with Crippen LogP contribution in [-0.4, -0.2) is 18.1 Å². The second-order valence-electron chi connectivity index (χ2n) is 3.71. The van der Waals surface area contributed by atoms with Gasteiger partial charge in [0, 0.05) is 0 Å². The lowest BCUT2D eigenvalue weighted by molar-refractivity contribution is -0.152. The van der Waals surface area contributed by atoms with E-state index in [1.165, 1.54) is 19.3 Å². The van der Waals surface area contributed by atoms with E-state index < -0.39 is 6.04 Å². The summed E-state index contributed by atoms with van der Waals surface area (Å²) in [7, 11) is 0. The van der Waals surface area contributed by atoms with E-state index in [-0.39, 0.29) is 12.1 Å². The number of hydrogen-bond donors (Lipinski definition) is 1. The number of carbonyl (C=O) groups excluding carboxylic acids is 1. The second-order valence-corrected chi connectivity index (χ2v) is 3.71. The van der Waals surface area contributed by atoms with Gasteiger partial charge in [-0.25, -0.2) is 0 Å². The summed E-state index contributed by atoms with van der Waals surface area (Å²) >= 11 is 0. The monoisotopic (exact) mass is 185 g/mol. The molecule has 2 N–H and O–H groups in total. The van der Waals surface area contributed by atoms with Gasteiger partial charge in [-0.05, 0) is 32.1 Å². The van der Waals surface area contributed by atoms with Crippen molar-refractivity contribution in [3.8, 4) is 0 Å². The van der Waals surface area contributed by atoms with Crippen molar-refractivity contribution in [3.63, 3.8) is 0 Å². The largest absolute Gasteiger partial charge is 0.461 e. The molecule has 0 heterocycles. The molecule has 0 aliphatic heterocycles. The normalized spacial score (nSPS) is 21.1. The Labute approximate surface area is 79.6 Å². The average molecular weight is 185 g/mol. The molecule has 0 aromatic carbocycles. The third-order valence-electron chi connectivity index (χ3n) is 2.58. The van der Waals surface area contributed by atoms with Crippen LogP contribution in [-0.2, 0) is 9.53 Å². The molecule has 1 fully saturated rings. The predicted molar refractivity (Wildman–Crippen MR) is 51.2 cm³/mol. The molecule has 1 atom stereocenters. The van der Waals surface area contributed by atoms with Gasteiger partial charge >= 0.3 is 5.97 Å². The van der Waals surface area contributed by atoms with Gasteiger partial charge in [0.15, 0.2) is 0 Å². The number of rotatable bonds is 3. The van der Waals surface area contributed by atoms with E-state index >= 15 is 0 Å². The summed E-state index contributed by atoms with van der Waals surface area (Å²) in [6, 6.07) is -0.429. The van der Waals surface area contributed by atoms with Crippen LogP contribution < -0.4 is 5.73 Å². The van der Waals surface area contributed by atoms with Crippen LogP contribution in [0.3, 0.4) is 0 Å². The van der Waals surface area contributed by atoms with Gasteiger partial charge in [0.05, 0.1) is 0 Å². The van der Waals surface area contributed by atoms with Crippen molar-refractivity contribution >= 4 is 5.97 Å². The third kappa shape index (κ3) is 3.35. The SMILES string of the molecule is CC[C@@H](N)C(=O)OC1CCCCC1. The van der Waals surface area contributed by atoms with Crippen LogP contribution in [0.2, 0.25) is 0 Å². The first kappa shape index (κ1) is 10.5. The van der Waals surface area contributed by atoms with Crippen LogP contribution in [0.1, 0.15) is 45.4 Å². The molecule has 0 saturated heterocycles. The van der Waals surface area contributed by atoms with Gasteiger partial charge in [-0.15, -0.1) is 0 Å². The van der Waals surface area contributed by atoms with Crippen LogP contribution in [0.4, 0.5) is 0 Å². The lowest BCUT2D eigenvalue weighted by Gasteiger charge is -2.23. The van der Waals surface area contributed by atoms with Crippen molar-refractivity contribution in [2.24, 2.45) is 5.73 Å². The van der Waals surface area contributed by atoms with E-state index in [1.807, 2.05) is 6.92 Å². The fourth-order valence-corrected chi connectivity index (χ4v) is 1.60. The highest BCUT2D eigenvalue weighted by Gasteiger charge is 2.20. The molecule has 76 valence electrons. The highest BCUT2D eigenvalue weighted by molar-refractivity contribution is 5.75. The van der Waals surface area contributed by atoms with Gasteiger partial charge < -0.3 is 10.5 Å². The summed E-state index contributed by atoms with van der Waals surface area (Å²) in [5, 5.41) is 0. The Kier molecular flexibility index (Phi) is 4.22. The Morgan fingerprint density at radius 1 is 1.46 bits per heavy atom. The van der Waals surface area contributed by atoms with Crippen molar-refractivity contribution in [2.75, 3.05) is 0 Å². The minimum Gasteiger partial charge on any atom is -0.461 e. The molecule has 3 heteroatoms. The fraction of sp³-hybridized carbons (Fsp3) is 0.900. The Morgan fingerprint density at radius 3 is 2.62 bits per heavy atom. The zero-order chi connectivity index (χ0) is 9.68. The highest BCUT2D eigenvalue weighted by atomic mass is 16.5. The van der Waals surface area contributed by atoms with E-state index in [2.05, 4.69) is 0 Å². The zero-order valence-corrected chi connectivity index (χ0v) is 8.29. The van der Waals surface area contributed by atoms with Gasteiger partial charge in [0.2, 0.25) is 0 Å². The molecular formula is C10H19NO2. The number of nitrogens with two attached hydrogens (primary N) is 1. The Hall–Kier alpha value is -0.570. The van der Waals surface area contributed by atoms with Crippen LogP contribution in [0.5, 0.6) is 0 Å². The summed E-state index contributed by atoms with van der Waals surface area (Å²) < 4.78 is 5.28. The Balaban J connectivity index is 2.26. The van der Waals surface area contributed by atoms with Gasteiger partial charge in [0.25, 0.3) is 0 Å². The van der Waals surface area contributed by atoms with Crippen molar-refractivity contribution in [1.82, 2.24) is 0 Å². The van der Waals surface area contributed by atoms with E-state index in [9.17, 15) is 4.79 Å². The second kappa shape index (κ2) is 5.22. The molecular weight excluding hydrogens is 166 g/mol. The Bertz CT molecular complexity index is 164. The number of ether oxygens (including phenoxy) is 1. The number of hydrogen-bond acceptors (Lipinski definition) is 3. The molecule has 3 nitrogen and oxygen atoms in total. The molecule has 0 unspecified atom stereocenters. The van der Waals surface area contributed by atoms with Gasteiger partial charge in [-0.1, -0.05) is 13.3 Å². The summed E-state index contributed by atoms with van der Waals surface area (Å²) in [5.41, 5.74) is 5.56. The summed E-state index contributed by atoms with van der Waals surface area (Å²) in [4.78, 5) is 11.3. The van der Waals surface area contributed by atoms with Crippen LogP contribution in [0.25, 0.3) is 0 Å². The van der Waals surface area contributed by atoms with E-state index in [0.29, 0.717) is 6.42 Å². The summed E-state index contributed by atoms with van der Waals surface area (Å²) in [6.07, 6.45) is 6.46. The van der Waals surface area contributed by atoms with E-state index in [4.69, 9.17) is 10.5 Å². The number of esters is 1. The lowest BCUT2D eigenvalue weighted by Crippen LogP contribution is -2.34. The standard InChI is InChI=1S/C10H19NO2/c1-2-9(11)10(12)13-8-6-4-3-5-7-8/h8-9H,2-7,11H2,1H3/t9-/m1/s1. The predicted octanol–water partition coefficient (Wildman–Crippen LogP) is 1.60. The van der Waals surface area contributed by atoms with E-state index in [1.54, 1.807) is 0 Å². The minimum atomic E-state index is -0.429. The van der Waals surface area contributed by atoms with Crippen molar-refractivity contribution < 1.29 is 9.53 Å². The summed E-state index contributed by atoms with van der Waals surface area (Å²) in [6.45, 7) is 1.90. The third-order valence-corrected chi connectivity index (χ3v) is 2.58. The van der Waals surface area contributed by atoms with Gasteiger partial charge in [-0.3, -0.25) is 4.79 Å². The fourth-order valence-electron chi connectivity index (χ4n) is 1.60. The first-order valence-electron chi connectivity index (χ1n) is 5.20. The first-order valence-corrected chi connectivity index (χ1v) is 5.20. The lowest BCUT2D eigenvalue weighted by atomic mass is 9.98. The van der Waals surface area contributed by atoms with Gasteiger partial charge in [-0.2, -0.15) is 0 Å². The van der Waals surface area contributed by atoms with Crippen molar-refractivity contribution in [3.05, 3.63) is 0 Å². The first-order chi connectivity index (χ1) is 6.24. The quantitative estimate of drug-likeness (QED) is 0.679. The maximum atomic E-state index is 11.3. The maximum absolute atomic E-state index is 11.3. The zero-order valence-electron chi connectivity index (χ0n) is 8.29. The summed E-state index contributed by atoms with van der Waals surface area (Å²) in [5.74, 6) is -0.227. The van der Waals surface area contributed by atoms with Gasteiger partial charge in [0.1, 0.15) is 12.1 Å². The molecule has 1 saturated carbocycles. The molecule has 1 aliphatic rings. The molecule has 13 heavy (non-hydrogen) atoms. The van der Waals surface area contributed by atoms with Crippen molar-refractivity contribution in [1.29, 1.82) is 0 Å². The highest BCUT2D eigenvalue weighted by Crippen LogP contribution is 2.20. The molecule has 0 radical (unpaired) electrons. The van der Waals surface area contributed by atoms with E-state index in [0.717, 1.165) is 12.8 Å². The van der Waals surface area contributed by atoms with Crippen LogP contribution >= 0.6 is 0 Å². The molecule has 0 bridgehead atoms. The van der Waals surface area contributed by atoms with Crippen LogP contribution in [0.15, 0.2) is 0 Å². The Morgan fingerprint density at radius 2 is 2.08 bits per heavy atom. The molecule has 0 spiro atoms. The topological polar surface area (TPSA) is 52.3 Å². The number of carbonyl (C=O) groups is 1. The molecule has 0 aromatic rings. The average Bonchev–Trinajstić information content (AvgIpc) is 2.18. The van der Waals surface area contributed by atoms with Crippen LogP contribution in [0, 0.1) is 0 Å². The molecule has 0 amide bonds. The minimum absolute atomic E-state index is 0.138. The molecule has 1 aliphatic carbocycles. The molecule has 0 aromatic heterocycles. The maximum Gasteiger partial charge on any atom is 0.323 e.